The van der Waals surface area contributed by atoms with Crippen molar-refractivity contribution in [2.24, 2.45) is 0 Å². The lowest BCUT2D eigenvalue weighted by atomic mass is 9.90. The van der Waals surface area contributed by atoms with Gasteiger partial charge in [0.05, 0.1) is 5.69 Å². The Labute approximate surface area is 151 Å². The summed E-state index contributed by atoms with van der Waals surface area (Å²) in [6.45, 7) is 5.08. The number of alkyl halides is 1. The molecule has 140 valence electrons. The average molecular weight is 349 g/mol. The Balaban J connectivity index is 1.85. The van der Waals surface area contributed by atoms with E-state index < -0.39 is 5.67 Å². The highest BCUT2D eigenvalue weighted by Crippen LogP contribution is 2.31. The largest absolute Gasteiger partial charge is 0.357 e. The first-order valence-electron chi connectivity index (χ1n) is 9.62. The number of aromatic nitrogens is 2. The molecule has 0 amide bonds. The minimum atomic E-state index is -1.46. The van der Waals surface area contributed by atoms with Crippen LogP contribution in [0.2, 0.25) is 0 Å². The SMILES string of the molecule is CNC1CCC(N(C)c2cc(C(C)(C)F)nc(N3CCCC3)n2)CC1. The van der Waals surface area contributed by atoms with Crippen LogP contribution in [0, 0.1) is 0 Å². The zero-order valence-electron chi connectivity index (χ0n) is 16.1. The summed E-state index contributed by atoms with van der Waals surface area (Å²) >= 11 is 0. The van der Waals surface area contributed by atoms with Crippen LogP contribution >= 0.6 is 0 Å². The monoisotopic (exact) mass is 349 g/mol. The second-order valence-corrected chi connectivity index (χ2v) is 7.98. The number of hydrogen-bond acceptors (Lipinski definition) is 5. The first-order valence-corrected chi connectivity index (χ1v) is 9.62. The van der Waals surface area contributed by atoms with Crippen molar-refractivity contribution < 1.29 is 4.39 Å². The molecule has 0 atom stereocenters. The standard InChI is InChI=1S/C19H32FN5/c1-19(2,20)16-13-17(23-18(22-16)25-11-5-6-12-25)24(4)15-9-7-14(21-3)8-10-15/h13-15,21H,5-12H2,1-4H3. The van der Waals surface area contributed by atoms with Crippen molar-refractivity contribution in [3.63, 3.8) is 0 Å². The third-order valence-corrected chi connectivity index (χ3v) is 5.71. The minimum Gasteiger partial charge on any atom is -0.357 e. The second kappa shape index (κ2) is 7.44. The molecule has 2 fully saturated rings. The Morgan fingerprint density at radius 3 is 2.36 bits per heavy atom. The van der Waals surface area contributed by atoms with E-state index in [-0.39, 0.29) is 0 Å². The third kappa shape index (κ3) is 4.22. The number of nitrogens with zero attached hydrogens (tertiary/aromatic N) is 4. The molecule has 0 spiro atoms. The molecule has 25 heavy (non-hydrogen) atoms. The van der Waals surface area contributed by atoms with E-state index in [1.54, 1.807) is 13.8 Å². The average Bonchev–Trinajstić information content (AvgIpc) is 3.15. The summed E-state index contributed by atoms with van der Waals surface area (Å²) in [7, 11) is 4.13. The maximum Gasteiger partial charge on any atom is 0.227 e. The van der Waals surface area contributed by atoms with Gasteiger partial charge in [0.1, 0.15) is 11.5 Å². The van der Waals surface area contributed by atoms with Crippen LogP contribution in [0.4, 0.5) is 16.2 Å². The smallest absolute Gasteiger partial charge is 0.227 e. The van der Waals surface area contributed by atoms with E-state index in [1.165, 1.54) is 12.8 Å². The highest BCUT2D eigenvalue weighted by Gasteiger charge is 2.28. The number of rotatable bonds is 5. The Morgan fingerprint density at radius 2 is 1.80 bits per heavy atom. The zero-order valence-corrected chi connectivity index (χ0v) is 16.1. The Hall–Kier alpha value is -1.43. The van der Waals surface area contributed by atoms with E-state index in [0.717, 1.165) is 44.6 Å². The molecule has 1 aromatic heterocycles. The Bertz CT molecular complexity index is 572. The lowest BCUT2D eigenvalue weighted by Crippen LogP contribution is -2.40. The molecule has 5 nitrogen and oxygen atoms in total. The molecule has 0 unspecified atom stereocenters. The molecule has 1 saturated heterocycles. The van der Waals surface area contributed by atoms with Gasteiger partial charge in [-0.05, 0) is 59.4 Å². The molecule has 2 aliphatic rings. The Kier molecular flexibility index (Phi) is 5.46. The van der Waals surface area contributed by atoms with Crippen molar-refractivity contribution in [1.29, 1.82) is 0 Å². The predicted octanol–water partition coefficient (Wildman–Crippen LogP) is 3.25. The van der Waals surface area contributed by atoms with Crippen LogP contribution in [0.1, 0.15) is 58.1 Å². The summed E-state index contributed by atoms with van der Waals surface area (Å²) in [5.41, 5.74) is -0.980. The van der Waals surface area contributed by atoms with Gasteiger partial charge >= 0.3 is 0 Å². The van der Waals surface area contributed by atoms with Gasteiger partial charge in [0.25, 0.3) is 0 Å². The summed E-state index contributed by atoms with van der Waals surface area (Å²) in [5.74, 6) is 1.54. The van der Waals surface area contributed by atoms with Crippen molar-refractivity contribution in [1.82, 2.24) is 15.3 Å². The van der Waals surface area contributed by atoms with Gasteiger partial charge in [-0.2, -0.15) is 4.98 Å². The highest BCUT2D eigenvalue weighted by atomic mass is 19.1. The molecule has 2 heterocycles. The van der Waals surface area contributed by atoms with Gasteiger partial charge < -0.3 is 15.1 Å². The summed E-state index contributed by atoms with van der Waals surface area (Å²) in [5, 5.41) is 3.38. The maximum absolute atomic E-state index is 14.6. The molecule has 3 rings (SSSR count). The van der Waals surface area contributed by atoms with E-state index in [4.69, 9.17) is 4.98 Å². The molecule has 6 heteroatoms. The van der Waals surface area contributed by atoms with Crippen LogP contribution in [0.5, 0.6) is 0 Å². The van der Waals surface area contributed by atoms with Crippen molar-refractivity contribution in [3.05, 3.63) is 11.8 Å². The molecule has 0 radical (unpaired) electrons. The fourth-order valence-corrected chi connectivity index (χ4v) is 3.90. The van der Waals surface area contributed by atoms with Crippen LogP contribution in [-0.4, -0.2) is 49.2 Å². The molecule has 0 aromatic carbocycles. The van der Waals surface area contributed by atoms with Crippen LogP contribution in [0.25, 0.3) is 0 Å². The fraction of sp³-hybridized carbons (Fsp3) is 0.789. The van der Waals surface area contributed by atoms with Gasteiger partial charge in [0.2, 0.25) is 5.95 Å². The topological polar surface area (TPSA) is 44.3 Å². The predicted molar refractivity (Wildman–Crippen MR) is 101 cm³/mol. The van der Waals surface area contributed by atoms with Gasteiger partial charge in [-0.15, -0.1) is 0 Å². The lowest BCUT2D eigenvalue weighted by molar-refractivity contribution is 0.214. The quantitative estimate of drug-likeness (QED) is 0.884. The highest BCUT2D eigenvalue weighted by molar-refractivity contribution is 5.47. The molecule has 1 aliphatic carbocycles. The summed E-state index contributed by atoms with van der Waals surface area (Å²) in [4.78, 5) is 13.8. The van der Waals surface area contributed by atoms with Crippen LogP contribution in [0.15, 0.2) is 6.07 Å². The van der Waals surface area contributed by atoms with Crippen LogP contribution < -0.4 is 15.1 Å². The number of halogens is 1. The summed E-state index contributed by atoms with van der Waals surface area (Å²) in [6.07, 6.45) is 6.95. The molecule has 1 saturated carbocycles. The summed E-state index contributed by atoms with van der Waals surface area (Å²) < 4.78 is 14.6. The summed E-state index contributed by atoms with van der Waals surface area (Å²) in [6, 6.07) is 2.92. The third-order valence-electron chi connectivity index (χ3n) is 5.71. The first kappa shape index (κ1) is 18.4. The molecule has 1 N–H and O–H groups in total. The van der Waals surface area contributed by atoms with Gasteiger partial charge in [-0.25, -0.2) is 9.37 Å². The van der Waals surface area contributed by atoms with E-state index >= 15 is 0 Å². The number of hydrogen-bond donors (Lipinski definition) is 1. The van der Waals surface area contributed by atoms with E-state index in [2.05, 4.69) is 27.1 Å². The van der Waals surface area contributed by atoms with Crippen LogP contribution in [-0.2, 0) is 5.67 Å². The maximum atomic E-state index is 14.6. The normalized spacial score (nSPS) is 24.6. The van der Waals surface area contributed by atoms with E-state index in [0.29, 0.717) is 23.7 Å². The van der Waals surface area contributed by atoms with Crippen molar-refractivity contribution in [2.75, 3.05) is 37.0 Å². The molecule has 1 aromatic rings. The molecular formula is C19H32FN5. The second-order valence-electron chi connectivity index (χ2n) is 7.98. The van der Waals surface area contributed by atoms with Gasteiger partial charge in [-0.1, -0.05) is 0 Å². The van der Waals surface area contributed by atoms with Gasteiger partial charge in [0.15, 0.2) is 0 Å². The van der Waals surface area contributed by atoms with Crippen molar-refractivity contribution >= 4 is 11.8 Å². The first-order chi connectivity index (χ1) is 11.9. The number of anilines is 2. The van der Waals surface area contributed by atoms with E-state index in [9.17, 15) is 4.39 Å². The van der Waals surface area contributed by atoms with Crippen LogP contribution in [0.3, 0.4) is 0 Å². The van der Waals surface area contributed by atoms with Gasteiger partial charge in [-0.3, -0.25) is 0 Å². The lowest BCUT2D eigenvalue weighted by Gasteiger charge is -2.36. The van der Waals surface area contributed by atoms with Crippen molar-refractivity contribution in [2.45, 2.75) is 70.1 Å². The molecule has 1 aliphatic heterocycles. The van der Waals surface area contributed by atoms with E-state index in [1.807, 2.05) is 13.1 Å². The minimum absolute atomic E-state index is 0.460. The molecule has 0 bridgehead atoms. The fourth-order valence-electron chi connectivity index (χ4n) is 3.90. The Morgan fingerprint density at radius 1 is 1.16 bits per heavy atom. The zero-order chi connectivity index (χ0) is 18.0. The number of nitrogens with one attached hydrogen (secondary N) is 1. The van der Waals surface area contributed by atoms with Crippen molar-refractivity contribution in [3.8, 4) is 0 Å². The molecular weight excluding hydrogens is 317 g/mol. The van der Waals surface area contributed by atoms with Gasteiger partial charge in [0, 0.05) is 38.3 Å².